The minimum Gasteiger partial charge on any atom is -0.338 e. The highest BCUT2D eigenvalue weighted by Crippen LogP contribution is 2.37. The van der Waals surface area contributed by atoms with E-state index in [0.29, 0.717) is 43.3 Å². The van der Waals surface area contributed by atoms with Gasteiger partial charge < -0.3 is 10.2 Å². The SMILES string of the molecule is CCNC(=O)Nc1sc2ccccc2c1C(=O)N1CCN(Sc2cnc(Cl)nc2)CC1. The second-order valence-corrected chi connectivity index (χ2v) is 9.35. The zero-order valence-electron chi connectivity index (χ0n) is 16.8. The first-order valence-corrected chi connectivity index (χ1v) is 11.8. The lowest BCUT2D eigenvalue weighted by atomic mass is 10.1. The molecule has 11 heteroatoms. The molecule has 0 bridgehead atoms. The molecule has 8 nitrogen and oxygen atoms in total. The Hall–Kier alpha value is -2.40. The Morgan fingerprint density at radius 3 is 2.58 bits per heavy atom. The van der Waals surface area contributed by atoms with E-state index in [2.05, 4.69) is 24.9 Å². The molecule has 0 saturated carbocycles. The number of thiophene rings is 1. The van der Waals surface area contributed by atoms with Gasteiger partial charge in [0, 0.05) is 55.2 Å². The fourth-order valence-electron chi connectivity index (χ4n) is 3.29. The van der Waals surface area contributed by atoms with Crippen molar-refractivity contribution in [2.75, 3.05) is 38.0 Å². The molecule has 1 aliphatic heterocycles. The van der Waals surface area contributed by atoms with Crippen LogP contribution in [0.2, 0.25) is 5.28 Å². The molecular weight excluding hydrogens is 456 g/mol. The molecule has 1 aromatic carbocycles. The minimum absolute atomic E-state index is 0.0660. The first kappa shape index (κ1) is 21.8. The Morgan fingerprint density at radius 1 is 1.16 bits per heavy atom. The van der Waals surface area contributed by atoms with Gasteiger partial charge in [0.15, 0.2) is 0 Å². The molecule has 3 heterocycles. The summed E-state index contributed by atoms with van der Waals surface area (Å²) in [6.45, 7) is 4.96. The molecule has 0 radical (unpaired) electrons. The number of aromatic nitrogens is 2. The van der Waals surface area contributed by atoms with Gasteiger partial charge in [-0.3, -0.25) is 10.1 Å². The van der Waals surface area contributed by atoms with Crippen LogP contribution in [0.3, 0.4) is 0 Å². The Kier molecular flexibility index (Phi) is 6.91. The summed E-state index contributed by atoms with van der Waals surface area (Å²) in [7, 11) is 0. The molecule has 0 aliphatic carbocycles. The van der Waals surface area contributed by atoms with Crippen molar-refractivity contribution >= 4 is 61.9 Å². The maximum absolute atomic E-state index is 13.4. The third-order valence-electron chi connectivity index (χ3n) is 4.73. The summed E-state index contributed by atoms with van der Waals surface area (Å²) in [6, 6.07) is 7.41. The van der Waals surface area contributed by atoms with Crippen LogP contribution in [0.4, 0.5) is 9.80 Å². The molecular formula is C20H21ClN6O2S2. The molecule has 2 aromatic heterocycles. The Balaban J connectivity index is 1.48. The number of carbonyl (C=O) groups excluding carboxylic acids is 2. The van der Waals surface area contributed by atoms with Crippen LogP contribution in [0.15, 0.2) is 41.6 Å². The predicted molar refractivity (Wildman–Crippen MR) is 125 cm³/mol. The molecule has 2 N–H and O–H groups in total. The highest BCUT2D eigenvalue weighted by molar-refractivity contribution is 7.97. The van der Waals surface area contributed by atoms with Crippen LogP contribution in [-0.2, 0) is 0 Å². The average molecular weight is 477 g/mol. The Morgan fingerprint density at radius 2 is 1.87 bits per heavy atom. The van der Waals surface area contributed by atoms with Crippen molar-refractivity contribution in [3.8, 4) is 0 Å². The number of fused-ring (bicyclic) bond motifs is 1. The van der Waals surface area contributed by atoms with Crippen LogP contribution in [-0.4, -0.2) is 63.8 Å². The standard InChI is InChI=1S/C20H21ClN6O2S2/c1-2-22-20(29)25-17-16(14-5-3-4-6-15(14)30-17)18(28)26-7-9-27(10-8-26)31-13-11-23-19(21)24-12-13/h3-6,11-12H,2,7-10H2,1H3,(H2,22,25,29). The predicted octanol–water partition coefficient (Wildman–Crippen LogP) is 3.95. The summed E-state index contributed by atoms with van der Waals surface area (Å²) in [6.07, 6.45) is 3.38. The van der Waals surface area contributed by atoms with E-state index in [4.69, 9.17) is 11.6 Å². The summed E-state index contributed by atoms with van der Waals surface area (Å²) in [5.74, 6) is -0.0660. The number of anilines is 1. The molecule has 1 fully saturated rings. The third kappa shape index (κ3) is 5.09. The summed E-state index contributed by atoms with van der Waals surface area (Å²) < 4.78 is 3.14. The Bertz CT molecular complexity index is 1080. The zero-order valence-corrected chi connectivity index (χ0v) is 19.2. The van der Waals surface area contributed by atoms with E-state index in [1.54, 1.807) is 24.3 Å². The van der Waals surface area contributed by atoms with E-state index in [9.17, 15) is 9.59 Å². The zero-order chi connectivity index (χ0) is 21.8. The van der Waals surface area contributed by atoms with Gasteiger partial charge in [-0.25, -0.2) is 19.1 Å². The number of nitrogens with zero attached hydrogens (tertiary/aromatic N) is 4. The number of hydrogen-bond donors (Lipinski definition) is 2. The van der Waals surface area contributed by atoms with Gasteiger partial charge in [0.05, 0.1) is 10.5 Å². The van der Waals surface area contributed by atoms with Crippen molar-refractivity contribution in [2.45, 2.75) is 11.8 Å². The van der Waals surface area contributed by atoms with Gasteiger partial charge in [0.25, 0.3) is 5.91 Å². The van der Waals surface area contributed by atoms with Gasteiger partial charge in [-0.15, -0.1) is 11.3 Å². The summed E-state index contributed by atoms with van der Waals surface area (Å²) in [4.78, 5) is 36.3. The molecule has 0 atom stereocenters. The molecule has 1 aliphatic rings. The number of halogens is 1. The van der Waals surface area contributed by atoms with Gasteiger partial charge in [0.2, 0.25) is 5.28 Å². The highest BCUT2D eigenvalue weighted by Gasteiger charge is 2.28. The van der Waals surface area contributed by atoms with Gasteiger partial charge in [-0.05, 0) is 36.5 Å². The molecule has 1 saturated heterocycles. The lowest BCUT2D eigenvalue weighted by Crippen LogP contribution is -2.46. The molecule has 0 spiro atoms. The molecule has 3 amide bonds. The van der Waals surface area contributed by atoms with Crippen LogP contribution in [0.1, 0.15) is 17.3 Å². The third-order valence-corrected chi connectivity index (χ3v) is 7.06. The number of benzene rings is 1. The van der Waals surface area contributed by atoms with Gasteiger partial charge in [-0.1, -0.05) is 18.2 Å². The van der Waals surface area contributed by atoms with Gasteiger partial charge >= 0.3 is 6.03 Å². The molecule has 0 unspecified atom stereocenters. The number of rotatable bonds is 5. The minimum atomic E-state index is -0.311. The first-order valence-electron chi connectivity index (χ1n) is 9.81. The van der Waals surface area contributed by atoms with Crippen molar-refractivity contribution in [2.24, 2.45) is 0 Å². The van der Waals surface area contributed by atoms with Crippen LogP contribution in [0.5, 0.6) is 0 Å². The van der Waals surface area contributed by atoms with Crippen LogP contribution in [0, 0.1) is 0 Å². The number of nitrogens with one attached hydrogen (secondary N) is 2. The quantitative estimate of drug-likeness (QED) is 0.428. The number of carbonyl (C=O) groups is 2. The summed E-state index contributed by atoms with van der Waals surface area (Å²) in [5, 5.41) is 7.23. The maximum Gasteiger partial charge on any atom is 0.319 e. The van der Waals surface area contributed by atoms with E-state index < -0.39 is 0 Å². The van der Waals surface area contributed by atoms with Crippen molar-refractivity contribution in [1.82, 2.24) is 24.5 Å². The second-order valence-electron chi connectivity index (χ2n) is 6.79. The molecule has 31 heavy (non-hydrogen) atoms. The second kappa shape index (κ2) is 9.82. The Labute approximate surface area is 193 Å². The molecule has 162 valence electrons. The van der Waals surface area contributed by atoms with E-state index in [0.717, 1.165) is 15.0 Å². The van der Waals surface area contributed by atoms with Crippen molar-refractivity contribution in [1.29, 1.82) is 0 Å². The van der Waals surface area contributed by atoms with E-state index in [-0.39, 0.29) is 17.2 Å². The van der Waals surface area contributed by atoms with Crippen LogP contribution in [0.25, 0.3) is 10.1 Å². The van der Waals surface area contributed by atoms with Crippen LogP contribution < -0.4 is 10.6 Å². The van der Waals surface area contributed by atoms with Gasteiger partial charge in [0.1, 0.15) is 5.00 Å². The van der Waals surface area contributed by atoms with Crippen molar-refractivity contribution in [3.05, 3.63) is 47.5 Å². The van der Waals surface area contributed by atoms with E-state index >= 15 is 0 Å². The lowest BCUT2D eigenvalue weighted by molar-refractivity contribution is 0.0707. The van der Waals surface area contributed by atoms with Gasteiger partial charge in [-0.2, -0.15) is 0 Å². The fourth-order valence-corrected chi connectivity index (χ4v) is 5.32. The fraction of sp³-hybridized carbons (Fsp3) is 0.300. The van der Waals surface area contributed by atoms with Crippen molar-refractivity contribution in [3.63, 3.8) is 0 Å². The largest absolute Gasteiger partial charge is 0.338 e. The molecule has 4 rings (SSSR count). The normalized spacial score (nSPS) is 14.6. The van der Waals surface area contributed by atoms with E-state index in [1.165, 1.54) is 11.3 Å². The number of hydrogen-bond acceptors (Lipinski definition) is 7. The number of piperazine rings is 1. The van der Waals surface area contributed by atoms with E-state index in [1.807, 2.05) is 36.1 Å². The molecule has 3 aromatic rings. The van der Waals surface area contributed by atoms with Crippen LogP contribution >= 0.6 is 34.9 Å². The number of urea groups is 1. The summed E-state index contributed by atoms with van der Waals surface area (Å²) in [5.41, 5.74) is 0.555. The van der Waals surface area contributed by atoms with Crippen molar-refractivity contribution < 1.29 is 9.59 Å². The average Bonchev–Trinajstić information content (AvgIpc) is 3.13. The first-order chi connectivity index (χ1) is 15.0. The number of amides is 3. The smallest absolute Gasteiger partial charge is 0.319 e. The maximum atomic E-state index is 13.4. The topological polar surface area (TPSA) is 90.5 Å². The highest BCUT2D eigenvalue weighted by atomic mass is 35.5. The summed E-state index contributed by atoms with van der Waals surface area (Å²) >= 11 is 8.71. The monoisotopic (exact) mass is 476 g/mol. The lowest BCUT2D eigenvalue weighted by Gasteiger charge is -2.33.